The van der Waals surface area contributed by atoms with Gasteiger partial charge in [-0.25, -0.2) is 4.79 Å². The SMILES string of the molecule is C#CC(NC(=O)Nc1cnn(Cc2ccccc2)c1)C(C)C. The monoisotopic (exact) mass is 296 g/mol. The molecule has 1 unspecified atom stereocenters. The molecule has 2 N–H and O–H groups in total. The number of carbonyl (C=O) groups excluding carboxylic acids is 1. The van der Waals surface area contributed by atoms with Gasteiger partial charge in [-0.3, -0.25) is 4.68 Å². The van der Waals surface area contributed by atoms with Crippen LogP contribution in [0.25, 0.3) is 0 Å². The maximum absolute atomic E-state index is 11.9. The summed E-state index contributed by atoms with van der Waals surface area (Å²) in [7, 11) is 0. The second-order valence-electron chi connectivity index (χ2n) is 5.40. The molecule has 0 spiro atoms. The number of nitrogens with one attached hydrogen (secondary N) is 2. The highest BCUT2D eigenvalue weighted by atomic mass is 16.2. The van der Waals surface area contributed by atoms with Crippen molar-refractivity contribution in [2.75, 3.05) is 5.32 Å². The van der Waals surface area contributed by atoms with Gasteiger partial charge in [0, 0.05) is 6.20 Å². The second kappa shape index (κ2) is 7.32. The quantitative estimate of drug-likeness (QED) is 0.833. The van der Waals surface area contributed by atoms with Crippen LogP contribution in [0.1, 0.15) is 19.4 Å². The highest BCUT2D eigenvalue weighted by molar-refractivity contribution is 5.89. The lowest BCUT2D eigenvalue weighted by Crippen LogP contribution is -2.40. The molecule has 0 aliphatic carbocycles. The summed E-state index contributed by atoms with van der Waals surface area (Å²) in [5.74, 6) is 2.74. The fourth-order valence-electron chi connectivity index (χ4n) is 1.99. The third kappa shape index (κ3) is 4.38. The van der Waals surface area contributed by atoms with E-state index in [9.17, 15) is 4.79 Å². The van der Waals surface area contributed by atoms with Crippen LogP contribution in [0.15, 0.2) is 42.7 Å². The Morgan fingerprint density at radius 1 is 1.36 bits per heavy atom. The van der Waals surface area contributed by atoms with E-state index in [4.69, 9.17) is 6.42 Å². The lowest BCUT2D eigenvalue weighted by Gasteiger charge is -2.16. The number of nitrogens with zero attached hydrogens (tertiary/aromatic N) is 2. The van der Waals surface area contributed by atoms with Gasteiger partial charge in [0.15, 0.2) is 0 Å². The van der Waals surface area contributed by atoms with Crippen molar-refractivity contribution in [3.63, 3.8) is 0 Å². The van der Waals surface area contributed by atoms with Crippen LogP contribution in [0.5, 0.6) is 0 Å². The predicted octanol–water partition coefficient (Wildman–Crippen LogP) is 2.71. The number of anilines is 1. The maximum atomic E-state index is 11.9. The Bertz CT molecular complexity index is 655. The van der Waals surface area contributed by atoms with Crippen molar-refractivity contribution < 1.29 is 4.79 Å². The lowest BCUT2D eigenvalue weighted by molar-refractivity contribution is 0.248. The Kier molecular flexibility index (Phi) is 5.21. The number of terminal acetylenes is 1. The molecule has 1 aromatic carbocycles. The Morgan fingerprint density at radius 3 is 2.73 bits per heavy atom. The molecule has 114 valence electrons. The van der Waals surface area contributed by atoms with E-state index < -0.39 is 0 Å². The van der Waals surface area contributed by atoms with Crippen LogP contribution < -0.4 is 10.6 Å². The van der Waals surface area contributed by atoms with Crippen LogP contribution in [-0.2, 0) is 6.54 Å². The van der Waals surface area contributed by atoms with Crippen LogP contribution in [-0.4, -0.2) is 21.9 Å². The smallest absolute Gasteiger partial charge is 0.320 e. The molecule has 5 nitrogen and oxygen atoms in total. The van der Waals surface area contributed by atoms with Gasteiger partial charge in [-0.2, -0.15) is 5.10 Å². The largest absolute Gasteiger partial charge is 0.324 e. The molecule has 0 fully saturated rings. The summed E-state index contributed by atoms with van der Waals surface area (Å²) in [6, 6.07) is 9.38. The molecule has 1 atom stereocenters. The molecule has 5 heteroatoms. The van der Waals surface area contributed by atoms with Gasteiger partial charge >= 0.3 is 6.03 Å². The molecule has 22 heavy (non-hydrogen) atoms. The van der Waals surface area contributed by atoms with Crippen molar-refractivity contribution in [3.05, 3.63) is 48.3 Å². The topological polar surface area (TPSA) is 59.0 Å². The molecule has 0 aliphatic rings. The average molecular weight is 296 g/mol. The van der Waals surface area contributed by atoms with Gasteiger partial charge < -0.3 is 10.6 Å². The van der Waals surface area contributed by atoms with E-state index in [-0.39, 0.29) is 18.0 Å². The van der Waals surface area contributed by atoms with Crippen molar-refractivity contribution in [2.24, 2.45) is 5.92 Å². The van der Waals surface area contributed by atoms with Crippen molar-refractivity contribution >= 4 is 11.7 Å². The molecule has 0 bridgehead atoms. The zero-order valence-electron chi connectivity index (χ0n) is 12.8. The van der Waals surface area contributed by atoms with Gasteiger partial charge in [0.2, 0.25) is 0 Å². The van der Waals surface area contributed by atoms with E-state index in [1.54, 1.807) is 17.1 Å². The third-order valence-electron chi connectivity index (χ3n) is 3.21. The molecule has 2 aromatic rings. The van der Waals surface area contributed by atoms with Crippen LogP contribution in [0.2, 0.25) is 0 Å². The van der Waals surface area contributed by atoms with Gasteiger partial charge in [0.1, 0.15) is 0 Å². The summed E-state index contributed by atoms with van der Waals surface area (Å²) < 4.78 is 1.77. The van der Waals surface area contributed by atoms with Crippen LogP contribution in [0, 0.1) is 18.3 Å². The molecule has 0 aliphatic heterocycles. The van der Waals surface area contributed by atoms with Gasteiger partial charge in [0.05, 0.1) is 24.5 Å². The second-order valence-corrected chi connectivity index (χ2v) is 5.40. The van der Waals surface area contributed by atoms with E-state index in [0.717, 1.165) is 5.56 Å². The first-order valence-electron chi connectivity index (χ1n) is 7.18. The summed E-state index contributed by atoms with van der Waals surface area (Å²) >= 11 is 0. The van der Waals surface area contributed by atoms with Crippen molar-refractivity contribution in [1.82, 2.24) is 15.1 Å². The van der Waals surface area contributed by atoms with Crippen molar-refractivity contribution in [1.29, 1.82) is 0 Å². The normalized spacial score (nSPS) is 11.7. The molecule has 1 aromatic heterocycles. The zero-order valence-corrected chi connectivity index (χ0v) is 12.8. The number of urea groups is 1. The van der Waals surface area contributed by atoms with Gasteiger partial charge in [-0.15, -0.1) is 6.42 Å². The zero-order chi connectivity index (χ0) is 15.9. The number of rotatable bonds is 5. The molecule has 2 rings (SSSR count). The first-order valence-corrected chi connectivity index (χ1v) is 7.18. The molecular weight excluding hydrogens is 276 g/mol. The fourth-order valence-corrected chi connectivity index (χ4v) is 1.99. The minimum atomic E-state index is -0.323. The number of hydrogen-bond donors (Lipinski definition) is 2. The summed E-state index contributed by atoms with van der Waals surface area (Å²) in [6.45, 7) is 4.58. The van der Waals surface area contributed by atoms with E-state index >= 15 is 0 Å². The number of hydrogen-bond acceptors (Lipinski definition) is 2. The Labute approximate surface area is 130 Å². The van der Waals surface area contributed by atoms with E-state index in [1.807, 2.05) is 44.2 Å². The minimum absolute atomic E-state index is 0.177. The van der Waals surface area contributed by atoms with Crippen LogP contribution in [0.4, 0.5) is 10.5 Å². The molecule has 1 heterocycles. The standard InChI is InChI=1S/C17H20N4O/c1-4-16(13(2)3)20-17(22)19-15-10-18-21(12-15)11-14-8-6-5-7-9-14/h1,5-10,12-13,16H,11H2,2-3H3,(H2,19,20,22). The Hall–Kier alpha value is -2.74. The van der Waals surface area contributed by atoms with Gasteiger partial charge in [-0.05, 0) is 11.5 Å². The summed E-state index contributed by atoms with van der Waals surface area (Å²) in [5, 5.41) is 9.72. The van der Waals surface area contributed by atoms with Crippen LogP contribution in [0.3, 0.4) is 0 Å². The molecular formula is C17H20N4O. The average Bonchev–Trinajstić information content (AvgIpc) is 2.92. The molecule has 0 saturated carbocycles. The third-order valence-corrected chi connectivity index (χ3v) is 3.21. The number of amides is 2. The lowest BCUT2D eigenvalue weighted by atomic mass is 10.1. The highest BCUT2D eigenvalue weighted by Gasteiger charge is 2.13. The van der Waals surface area contributed by atoms with Crippen LogP contribution >= 0.6 is 0 Å². The first-order chi connectivity index (χ1) is 10.6. The molecule has 2 amide bonds. The predicted molar refractivity (Wildman–Crippen MR) is 87.4 cm³/mol. The highest BCUT2D eigenvalue weighted by Crippen LogP contribution is 2.08. The summed E-state index contributed by atoms with van der Waals surface area (Å²) in [4.78, 5) is 11.9. The molecule has 0 saturated heterocycles. The fraction of sp³-hybridized carbons (Fsp3) is 0.294. The Balaban J connectivity index is 1.92. The van der Waals surface area contributed by atoms with Crippen molar-refractivity contribution in [3.8, 4) is 12.3 Å². The number of benzene rings is 1. The van der Waals surface area contributed by atoms with Crippen molar-refractivity contribution in [2.45, 2.75) is 26.4 Å². The minimum Gasteiger partial charge on any atom is -0.324 e. The van der Waals surface area contributed by atoms with E-state index in [1.165, 1.54) is 0 Å². The van der Waals surface area contributed by atoms with E-state index in [0.29, 0.717) is 12.2 Å². The van der Waals surface area contributed by atoms with E-state index in [2.05, 4.69) is 21.7 Å². The molecule has 0 radical (unpaired) electrons. The number of aromatic nitrogens is 2. The van der Waals surface area contributed by atoms with Gasteiger partial charge in [-0.1, -0.05) is 50.1 Å². The Morgan fingerprint density at radius 2 is 2.09 bits per heavy atom. The first kappa shape index (κ1) is 15.6. The number of carbonyl (C=O) groups is 1. The summed E-state index contributed by atoms with van der Waals surface area (Å²) in [6.07, 6.45) is 8.79. The summed E-state index contributed by atoms with van der Waals surface area (Å²) in [5.41, 5.74) is 1.78. The van der Waals surface area contributed by atoms with Gasteiger partial charge in [0.25, 0.3) is 0 Å². The maximum Gasteiger partial charge on any atom is 0.320 e.